The lowest BCUT2D eigenvalue weighted by Crippen LogP contribution is -2.47. The number of amides is 1. The van der Waals surface area contributed by atoms with Gasteiger partial charge < -0.3 is 35.0 Å². The lowest BCUT2D eigenvalue weighted by molar-refractivity contribution is 0.0945. The van der Waals surface area contributed by atoms with Crippen molar-refractivity contribution in [3.05, 3.63) is 52.9 Å². The summed E-state index contributed by atoms with van der Waals surface area (Å²) in [7, 11) is 1.11. The second-order valence-corrected chi connectivity index (χ2v) is 15.0. The lowest BCUT2D eigenvalue weighted by atomic mass is 9.99. The molecule has 47 heavy (non-hydrogen) atoms. The fourth-order valence-electron chi connectivity index (χ4n) is 6.27. The minimum absolute atomic E-state index is 0.146. The zero-order valence-corrected chi connectivity index (χ0v) is 29.5. The number of nitrogens with one attached hydrogen (secondary N) is 2. The quantitative estimate of drug-likeness (QED) is 0.168. The van der Waals surface area contributed by atoms with Crippen molar-refractivity contribution >= 4 is 75.1 Å². The molecule has 2 aromatic heterocycles. The monoisotopic (exact) mass is 722 g/mol. The molecular formula is C33H40BrN8O4P. The largest absolute Gasteiger partial charge is 0.494 e. The zero-order valence-electron chi connectivity index (χ0n) is 27.0. The Balaban J connectivity index is 1.24. The second kappa shape index (κ2) is 14.5. The van der Waals surface area contributed by atoms with E-state index in [9.17, 15) is 9.90 Å². The summed E-state index contributed by atoms with van der Waals surface area (Å²) in [6, 6.07) is 7.96. The smallest absolute Gasteiger partial charge is 0.410 e. The van der Waals surface area contributed by atoms with Crippen LogP contribution >= 0.6 is 23.9 Å². The van der Waals surface area contributed by atoms with Gasteiger partial charge in [0.25, 0.3) is 0 Å². The molecule has 1 atom stereocenters. The van der Waals surface area contributed by atoms with Crippen LogP contribution in [-0.2, 0) is 4.74 Å². The van der Waals surface area contributed by atoms with Gasteiger partial charge in [-0.05, 0) is 80.1 Å². The van der Waals surface area contributed by atoms with Crippen LogP contribution in [0.25, 0.3) is 11.0 Å². The molecule has 0 radical (unpaired) electrons. The van der Waals surface area contributed by atoms with Crippen LogP contribution in [0.1, 0.15) is 44.3 Å². The topological polar surface area (TPSA) is 138 Å². The van der Waals surface area contributed by atoms with Gasteiger partial charge in [0.15, 0.2) is 0 Å². The highest BCUT2D eigenvalue weighted by Gasteiger charge is 2.31. The normalized spacial score (nSPS) is 16.6. The van der Waals surface area contributed by atoms with Gasteiger partial charge >= 0.3 is 6.09 Å². The minimum Gasteiger partial charge on any atom is -0.494 e. The zero-order chi connectivity index (χ0) is 33.1. The highest BCUT2D eigenvalue weighted by Crippen LogP contribution is 2.40. The number of benzene rings is 2. The van der Waals surface area contributed by atoms with E-state index in [-0.39, 0.29) is 12.1 Å². The summed E-state index contributed by atoms with van der Waals surface area (Å²) >= 11 is 3.60. The van der Waals surface area contributed by atoms with E-state index in [2.05, 4.69) is 59.7 Å². The van der Waals surface area contributed by atoms with Crippen molar-refractivity contribution in [1.29, 1.82) is 0 Å². The van der Waals surface area contributed by atoms with Crippen LogP contribution in [-0.4, -0.2) is 88.8 Å². The number of rotatable bonds is 9. The van der Waals surface area contributed by atoms with Crippen LogP contribution in [0.15, 0.2) is 47.3 Å². The van der Waals surface area contributed by atoms with E-state index in [1.165, 1.54) is 0 Å². The van der Waals surface area contributed by atoms with Gasteiger partial charge in [0.2, 0.25) is 5.95 Å². The summed E-state index contributed by atoms with van der Waals surface area (Å²) < 4.78 is 11.9. The molecule has 4 aromatic rings. The Bertz CT molecular complexity index is 1750. The number of anilines is 5. The number of fused-ring (bicyclic) bond motifs is 1. The van der Waals surface area contributed by atoms with Crippen molar-refractivity contribution in [2.75, 3.05) is 62.2 Å². The molecule has 2 fully saturated rings. The van der Waals surface area contributed by atoms with Crippen molar-refractivity contribution in [2.45, 2.75) is 44.8 Å². The van der Waals surface area contributed by atoms with Crippen LogP contribution in [0.2, 0.25) is 0 Å². The first-order valence-corrected chi connectivity index (χ1v) is 18.8. The molecule has 248 valence electrons. The van der Waals surface area contributed by atoms with Gasteiger partial charge in [-0.2, -0.15) is 4.98 Å². The average Bonchev–Trinajstić information content (AvgIpc) is 3.29. The van der Waals surface area contributed by atoms with Gasteiger partial charge in [0.1, 0.15) is 11.6 Å². The van der Waals surface area contributed by atoms with Crippen LogP contribution in [0, 0.1) is 0 Å². The number of aliphatic hydroxyl groups excluding tert-OH is 1. The van der Waals surface area contributed by atoms with Gasteiger partial charge in [0, 0.05) is 72.6 Å². The summed E-state index contributed by atoms with van der Waals surface area (Å²) in [4.78, 5) is 35.1. The molecule has 14 heteroatoms. The van der Waals surface area contributed by atoms with Gasteiger partial charge in [0.05, 0.1) is 41.0 Å². The van der Waals surface area contributed by atoms with Crippen molar-refractivity contribution in [3.8, 4) is 5.75 Å². The first-order chi connectivity index (χ1) is 22.7. The second-order valence-electron chi connectivity index (χ2n) is 11.9. The van der Waals surface area contributed by atoms with Crippen LogP contribution in [0.3, 0.4) is 0 Å². The number of hydrogen-bond acceptors (Lipinski definition) is 11. The number of carbonyl (C=O) groups is 1. The molecule has 0 spiro atoms. The Hall–Kier alpha value is -3.80. The van der Waals surface area contributed by atoms with E-state index in [0.29, 0.717) is 34.3 Å². The number of carbonyl (C=O) groups excluding carboxylic acids is 1. The fourth-order valence-corrected chi connectivity index (χ4v) is 7.77. The van der Waals surface area contributed by atoms with Gasteiger partial charge in [-0.15, -0.1) is 0 Å². The van der Waals surface area contributed by atoms with Crippen LogP contribution in [0.4, 0.5) is 33.6 Å². The molecule has 1 unspecified atom stereocenters. The maximum absolute atomic E-state index is 12.5. The third-order valence-corrected chi connectivity index (χ3v) is 10.5. The maximum atomic E-state index is 12.5. The first kappa shape index (κ1) is 33.1. The standard InChI is InChI=1S/C33H40BrN8O4P/c1-20(43)22-17-26(28(45-2)18-27(22)41-14-9-21(10-15-41)42-13-5-6-16-46-33(42)44)39-32-37-19-23(34)31(40-32)38-25-8-7-24-29(30(25)47(3)4)36-12-11-35-24/h7-8,11-12,17-21,43H,5-6,9-10,13-16H2,1-4H3,(H2,37,38,39,40). The van der Waals surface area contributed by atoms with Gasteiger partial charge in [-0.1, -0.05) is 7.92 Å². The molecule has 0 bridgehead atoms. The minimum atomic E-state index is -0.731. The summed E-state index contributed by atoms with van der Waals surface area (Å²) in [5, 5.41) is 18.8. The number of aromatic nitrogens is 4. The lowest BCUT2D eigenvalue weighted by Gasteiger charge is -2.39. The Morgan fingerprint density at radius 3 is 2.60 bits per heavy atom. The summed E-state index contributed by atoms with van der Waals surface area (Å²) in [5.74, 6) is 1.55. The van der Waals surface area contributed by atoms with E-state index in [1.807, 2.05) is 29.2 Å². The Labute approximate surface area is 284 Å². The van der Waals surface area contributed by atoms with E-state index < -0.39 is 14.0 Å². The van der Waals surface area contributed by atoms with Crippen molar-refractivity contribution in [1.82, 2.24) is 24.8 Å². The van der Waals surface area contributed by atoms with E-state index in [4.69, 9.17) is 14.5 Å². The SMILES string of the molecule is COc1cc(N2CCC(N3CCCCOC3=O)CC2)c(C(C)O)cc1Nc1ncc(Br)c(Nc2ccc3nccnc3c2P(C)C)n1. The number of hydrogen-bond donors (Lipinski definition) is 3. The molecule has 12 nitrogen and oxygen atoms in total. The molecule has 0 saturated carbocycles. The molecule has 3 N–H and O–H groups in total. The molecule has 2 aromatic carbocycles. The van der Waals surface area contributed by atoms with Crippen molar-refractivity contribution in [2.24, 2.45) is 0 Å². The highest BCUT2D eigenvalue weighted by atomic mass is 79.9. The Morgan fingerprint density at radius 1 is 1.06 bits per heavy atom. The Kier molecular flexibility index (Phi) is 10.2. The molecule has 1 amide bonds. The average molecular weight is 724 g/mol. The number of halogens is 1. The predicted octanol–water partition coefficient (Wildman–Crippen LogP) is 6.30. The Morgan fingerprint density at radius 2 is 1.85 bits per heavy atom. The van der Waals surface area contributed by atoms with E-state index >= 15 is 0 Å². The number of aliphatic hydroxyl groups is 1. The number of piperidine rings is 1. The third-order valence-electron chi connectivity index (χ3n) is 8.60. The summed E-state index contributed by atoms with van der Waals surface area (Å²) in [6.07, 6.45) is 7.69. The van der Waals surface area contributed by atoms with Crippen LogP contribution < -0.4 is 25.6 Å². The van der Waals surface area contributed by atoms with Gasteiger partial charge in [-0.25, -0.2) is 9.78 Å². The number of cyclic esters (lactones) is 1. The molecule has 0 aliphatic carbocycles. The number of ether oxygens (including phenoxy) is 2. The van der Waals surface area contributed by atoms with Crippen LogP contribution in [0.5, 0.6) is 5.75 Å². The molecule has 6 rings (SSSR count). The maximum Gasteiger partial charge on any atom is 0.410 e. The van der Waals surface area contributed by atoms with Crippen molar-refractivity contribution < 1.29 is 19.4 Å². The predicted molar refractivity (Wildman–Crippen MR) is 190 cm³/mol. The van der Waals surface area contributed by atoms with E-state index in [1.54, 1.807) is 32.6 Å². The molecular weight excluding hydrogens is 683 g/mol. The number of nitrogens with zero attached hydrogens (tertiary/aromatic N) is 6. The van der Waals surface area contributed by atoms with Crippen molar-refractivity contribution in [3.63, 3.8) is 0 Å². The van der Waals surface area contributed by atoms with Gasteiger partial charge in [-0.3, -0.25) is 9.97 Å². The first-order valence-electron chi connectivity index (χ1n) is 15.8. The summed E-state index contributed by atoms with van der Waals surface area (Å²) in [6.45, 7) is 8.86. The summed E-state index contributed by atoms with van der Waals surface area (Å²) in [5.41, 5.74) is 4.94. The van der Waals surface area contributed by atoms with E-state index in [0.717, 1.165) is 78.6 Å². The highest BCUT2D eigenvalue weighted by molar-refractivity contribution is 9.10. The molecule has 2 aliphatic rings. The third kappa shape index (κ3) is 7.22. The molecule has 4 heterocycles. The molecule has 2 aliphatic heterocycles. The number of methoxy groups -OCH3 is 1. The fraction of sp³-hybridized carbons (Fsp3) is 0.424. The molecule has 2 saturated heterocycles.